The molecular formula is C17H21NO2S. The summed E-state index contributed by atoms with van der Waals surface area (Å²) in [6, 6.07) is 7.91. The molecule has 0 saturated heterocycles. The molecule has 0 unspecified atom stereocenters. The van der Waals surface area contributed by atoms with E-state index in [4.69, 9.17) is 4.74 Å². The molecule has 112 valence electrons. The molecule has 21 heavy (non-hydrogen) atoms. The normalized spacial score (nSPS) is 10.7. The van der Waals surface area contributed by atoms with Gasteiger partial charge < -0.3 is 9.30 Å². The van der Waals surface area contributed by atoms with E-state index in [0.29, 0.717) is 6.61 Å². The van der Waals surface area contributed by atoms with Gasteiger partial charge in [-0.3, -0.25) is 4.79 Å². The van der Waals surface area contributed by atoms with E-state index >= 15 is 0 Å². The molecule has 1 aromatic carbocycles. The van der Waals surface area contributed by atoms with Crippen molar-refractivity contribution in [2.45, 2.75) is 25.7 Å². The molecule has 4 heteroatoms. The van der Waals surface area contributed by atoms with Crippen LogP contribution in [0.2, 0.25) is 0 Å². The summed E-state index contributed by atoms with van der Waals surface area (Å²) in [7, 11) is 1.77. The average molecular weight is 303 g/mol. The molecule has 0 radical (unpaired) electrons. The molecule has 1 heterocycles. The summed E-state index contributed by atoms with van der Waals surface area (Å²) in [4.78, 5) is 12.9. The van der Waals surface area contributed by atoms with Gasteiger partial charge in [0.05, 0.1) is 6.61 Å². The van der Waals surface area contributed by atoms with Crippen LogP contribution in [-0.4, -0.2) is 16.9 Å². The topological polar surface area (TPSA) is 31.2 Å². The maximum atomic E-state index is 11.7. The summed E-state index contributed by atoms with van der Waals surface area (Å²) in [6.07, 6.45) is 1.88. The van der Waals surface area contributed by atoms with E-state index in [9.17, 15) is 4.79 Å². The van der Waals surface area contributed by atoms with Crippen molar-refractivity contribution in [2.24, 2.45) is 7.05 Å². The number of pyridine rings is 1. The van der Waals surface area contributed by atoms with Gasteiger partial charge in [-0.2, -0.15) is 0 Å². The van der Waals surface area contributed by atoms with Crippen molar-refractivity contribution in [2.75, 3.05) is 12.4 Å². The van der Waals surface area contributed by atoms with Crippen LogP contribution < -0.4 is 10.3 Å². The van der Waals surface area contributed by atoms with Gasteiger partial charge in [-0.1, -0.05) is 6.92 Å². The first-order chi connectivity index (χ1) is 10.1. The van der Waals surface area contributed by atoms with Gasteiger partial charge >= 0.3 is 0 Å². The second-order valence-corrected chi connectivity index (χ2v) is 6.18. The lowest BCUT2D eigenvalue weighted by Crippen LogP contribution is -2.15. The number of nitrogens with zero attached hydrogens (tertiary/aromatic N) is 1. The summed E-state index contributed by atoms with van der Waals surface area (Å²) in [5.41, 5.74) is 3.06. The SMILES string of the molecule is CCOc1ccc(SCC)cc1-c1cn(C)c(=O)cc1C. The number of hydrogen-bond donors (Lipinski definition) is 0. The molecule has 1 aromatic heterocycles. The molecule has 0 aliphatic carbocycles. The Balaban J connectivity index is 2.61. The predicted octanol–water partition coefficient (Wildman–Crippen LogP) is 3.87. The third-order valence-corrected chi connectivity index (χ3v) is 4.16. The highest BCUT2D eigenvalue weighted by atomic mass is 32.2. The molecule has 0 N–H and O–H groups in total. The molecule has 0 fully saturated rings. The number of ether oxygens (including phenoxy) is 1. The van der Waals surface area contributed by atoms with Crippen LogP contribution in [0.3, 0.4) is 0 Å². The van der Waals surface area contributed by atoms with Crippen LogP contribution in [0.4, 0.5) is 0 Å². The lowest BCUT2D eigenvalue weighted by molar-refractivity contribution is 0.341. The van der Waals surface area contributed by atoms with Crippen molar-refractivity contribution in [3.8, 4) is 16.9 Å². The Kier molecular flexibility index (Phi) is 5.12. The molecule has 0 aliphatic heterocycles. The quantitative estimate of drug-likeness (QED) is 0.786. The van der Waals surface area contributed by atoms with Gasteiger partial charge in [0.15, 0.2) is 0 Å². The maximum absolute atomic E-state index is 11.7. The summed E-state index contributed by atoms with van der Waals surface area (Å²) >= 11 is 1.80. The van der Waals surface area contributed by atoms with E-state index < -0.39 is 0 Å². The van der Waals surface area contributed by atoms with Gasteiger partial charge in [0, 0.05) is 35.3 Å². The van der Waals surface area contributed by atoms with Crippen LogP contribution >= 0.6 is 11.8 Å². The van der Waals surface area contributed by atoms with E-state index in [1.54, 1.807) is 29.4 Å². The number of aromatic nitrogens is 1. The smallest absolute Gasteiger partial charge is 0.250 e. The molecule has 2 rings (SSSR count). The number of rotatable bonds is 5. The second kappa shape index (κ2) is 6.85. The third-order valence-electron chi connectivity index (χ3n) is 3.29. The molecule has 0 spiro atoms. The Hall–Kier alpha value is -1.68. The first-order valence-electron chi connectivity index (χ1n) is 7.14. The molecule has 0 bridgehead atoms. The third kappa shape index (κ3) is 3.50. The van der Waals surface area contributed by atoms with Gasteiger partial charge in [-0.05, 0) is 43.4 Å². The van der Waals surface area contributed by atoms with Crippen molar-refractivity contribution in [1.82, 2.24) is 4.57 Å². The Morgan fingerprint density at radius 1 is 1.19 bits per heavy atom. The van der Waals surface area contributed by atoms with Crippen LogP contribution in [0.5, 0.6) is 5.75 Å². The molecule has 0 aliphatic rings. The first-order valence-corrected chi connectivity index (χ1v) is 8.12. The van der Waals surface area contributed by atoms with Crippen LogP contribution in [0, 0.1) is 6.92 Å². The fraction of sp³-hybridized carbons (Fsp3) is 0.353. The average Bonchev–Trinajstić information content (AvgIpc) is 2.45. The summed E-state index contributed by atoms with van der Waals surface area (Å²) in [5.74, 6) is 1.89. The maximum Gasteiger partial charge on any atom is 0.250 e. The standard InChI is InChI=1S/C17H21NO2S/c1-5-20-16-8-7-13(21-6-2)10-14(16)15-11-18(4)17(19)9-12(15)3/h7-11H,5-6H2,1-4H3. The minimum Gasteiger partial charge on any atom is -0.493 e. The molecule has 0 saturated carbocycles. The van der Waals surface area contributed by atoms with Gasteiger partial charge in [-0.25, -0.2) is 0 Å². The van der Waals surface area contributed by atoms with Crippen LogP contribution in [0.25, 0.3) is 11.1 Å². The second-order valence-electron chi connectivity index (χ2n) is 4.84. The molecular weight excluding hydrogens is 282 g/mol. The van der Waals surface area contributed by atoms with Gasteiger partial charge in [0.1, 0.15) is 5.75 Å². The van der Waals surface area contributed by atoms with Crippen molar-refractivity contribution in [3.05, 3.63) is 46.4 Å². The zero-order valence-corrected chi connectivity index (χ0v) is 13.8. The summed E-state index contributed by atoms with van der Waals surface area (Å²) in [6.45, 7) is 6.70. The minimum atomic E-state index is 0.00768. The molecule has 0 amide bonds. The van der Waals surface area contributed by atoms with E-state index in [1.165, 1.54) is 4.90 Å². The van der Waals surface area contributed by atoms with E-state index in [-0.39, 0.29) is 5.56 Å². The van der Waals surface area contributed by atoms with Crippen LogP contribution in [0.15, 0.2) is 40.2 Å². The highest BCUT2D eigenvalue weighted by Crippen LogP contribution is 2.35. The fourth-order valence-corrected chi connectivity index (χ4v) is 2.96. The largest absolute Gasteiger partial charge is 0.493 e. The fourth-order valence-electron chi connectivity index (χ4n) is 2.26. The van der Waals surface area contributed by atoms with Crippen LogP contribution in [0.1, 0.15) is 19.4 Å². The minimum absolute atomic E-state index is 0.00768. The lowest BCUT2D eigenvalue weighted by atomic mass is 10.0. The van der Waals surface area contributed by atoms with Crippen molar-refractivity contribution < 1.29 is 4.74 Å². The number of aryl methyl sites for hydroxylation is 2. The van der Waals surface area contributed by atoms with Gasteiger partial charge in [0.2, 0.25) is 0 Å². The van der Waals surface area contributed by atoms with E-state index in [0.717, 1.165) is 28.2 Å². The summed E-state index contributed by atoms with van der Waals surface area (Å²) < 4.78 is 7.36. The van der Waals surface area contributed by atoms with Crippen molar-refractivity contribution in [3.63, 3.8) is 0 Å². The monoisotopic (exact) mass is 303 g/mol. The first kappa shape index (κ1) is 15.7. The van der Waals surface area contributed by atoms with Gasteiger partial charge in [0.25, 0.3) is 5.56 Å². The Morgan fingerprint density at radius 2 is 1.95 bits per heavy atom. The van der Waals surface area contributed by atoms with Gasteiger partial charge in [-0.15, -0.1) is 11.8 Å². The van der Waals surface area contributed by atoms with Crippen molar-refractivity contribution in [1.29, 1.82) is 0 Å². The Labute approximate surface area is 130 Å². The van der Waals surface area contributed by atoms with E-state index in [1.807, 2.05) is 26.1 Å². The summed E-state index contributed by atoms with van der Waals surface area (Å²) in [5, 5.41) is 0. The highest BCUT2D eigenvalue weighted by Gasteiger charge is 2.11. The molecule has 0 atom stereocenters. The zero-order valence-electron chi connectivity index (χ0n) is 13.0. The Bertz CT molecular complexity index is 692. The number of hydrogen-bond acceptors (Lipinski definition) is 3. The number of thioether (sulfide) groups is 1. The lowest BCUT2D eigenvalue weighted by Gasteiger charge is -2.14. The zero-order chi connectivity index (χ0) is 15.4. The predicted molar refractivity (Wildman–Crippen MR) is 89.4 cm³/mol. The van der Waals surface area contributed by atoms with Crippen LogP contribution in [-0.2, 0) is 7.05 Å². The Morgan fingerprint density at radius 3 is 2.62 bits per heavy atom. The molecule has 2 aromatic rings. The molecule has 3 nitrogen and oxygen atoms in total. The highest BCUT2D eigenvalue weighted by molar-refractivity contribution is 7.99. The number of benzene rings is 1. The van der Waals surface area contributed by atoms with E-state index in [2.05, 4.69) is 19.1 Å². The van der Waals surface area contributed by atoms with Crippen molar-refractivity contribution >= 4 is 11.8 Å².